The number of para-hydroxylation sites is 1. The Morgan fingerprint density at radius 2 is 1.55 bits per heavy atom. The minimum Gasteiger partial charge on any atom is -0.378 e. The molecule has 2 aromatic rings. The van der Waals surface area contributed by atoms with Gasteiger partial charge in [0.25, 0.3) is 0 Å². The third-order valence-corrected chi connectivity index (χ3v) is 4.32. The van der Waals surface area contributed by atoms with Crippen molar-refractivity contribution in [2.24, 2.45) is 0 Å². The van der Waals surface area contributed by atoms with E-state index in [-0.39, 0.29) is 11.7 Å². The van der Waals surface area contributed by atoms with Crippen molar-refractivity contribution in [2.45, 2.75) is 24.8 Å². The highest BCUT2D eigenvalue weighted by Crippen LogP contribution is 2.39. The molecule has 0 amide bonds. The van der Waals surface area contributed by atoms with Crippen LogP contribution in [0, 0.1) is 11.6 Å². The number of anilines is 1. The molecule has 20 heavy (non-hydrogen) atoms. The van der Waals surface area contributed by atoms with Crippen molar-refractivity contribution >= 4 is 21.6 Å². The quantitative estimate of drug-likeness (QED) is 0.822. The van der Waals surface area contributed by atoms with Crippen LogP contribution in [0.5, 0.6) is 0 Å². The fourth-order valence-corrected chi connectivity index (χ4v) is 2.85. The van der Waals surface area contributed by atoms with Gasteiger partial charge in [-0.1, -0.05) is 34.1 Å². The van der Waals surface area contributed by atoms with E-state index in [0.29, 0.717) is 5.92 Å². The van der Waals surface area contributed by atoms with Gasteiger partial charge in [-0.15, -0.1) is 0 Å². The van der Waals surface area contributed by atoms with Gasteiger partial charge in [0.2, 0.25) is 0 Å². The van der Waals surface area contributed by atoms with Crippen LogP contribution in [0.4, 0.5) is 14.5 Å². The summed E-state index contributed by atoms with van der Waals surface area (Å²) in [4.78, 5) is 0. The first-order chi connectivity index (χ1) is 9.63. The number of hydrogen-bond donors (Lipinski definition) is 1. The summed E-state index contributed by atoms with van der Waals surface area (Å²) in [5.74, 6) is -0.593. The Hall–Kier alpha value is -1.42. The lowest BCUT2D eigenvalue weighted by Crippen LogP contribution is -2.34. The molecule has 1 fully saturated rings. The molecule has 1 aliphatic carbocycles. The molecule has 0 atom stereocenters. The van der Waals surface area contributed by atoms with E-state index >= 15 is 0 Å². The molecule has 0 heterocycles. The van der Waals surface area contributed by atoms with Gasteiger partial charge >= 0.3 is 0 Å². The summed E-state index contributed by atoms with van der Waals surface area (Å²) in [6, 6.07) is 12.3. The average Bonchev–Trinajstić information content (AvgIpc) is 2.38. The summed E-state index contributed by atoms with van der Waals surface area (Å²) in [6.07, 6.45) is 1.80. The van der Waals surface area contributed by atoms with E-state index in [0.717, 1.165) is 17.3 Å². The van der Waals surface area contributed by atoms with Crippen molar-refractivity contribution in [3.63, 3.8) is 0 Å². The van der Waals surface area contributed by atoms with E-state index in [9.17, 15) is 8.78 Å². The van der Waals surface area contributed by atoms with Gasteiger partial charge in [-0.25, -0.2) is 8.78 Å². The summed E-state index contributed by atoms with van der Waals surface area (Å²) in [5, 5.41) is 2.97. The number of rotatable bonds is 3. The van der Waals surface area contributed by atoms with E-state index in [2.05, 4.69) is 33.4 Å². The van der Waals surface area contributed by atoms with Crippen molar-refractivity contribution in [3.8, 4) is 0 Å². The van der Waals surface area contributed by atoms with Crippen molar-refractivity contribution < 1.29 is 8.78 Å². The Labute approximate surface area is 125 Å². The smallest absolute Gasteiger partial charge is 0.149 e. The Morgan fingerprint density at radius 1 is 0.950 bits per heavy atom. The Bertz CT molecular complexity index is 586. The molecule has 0 aromatic heterocycles. The van der Waals surface area contributed by atoms with Crippen molar-refractivity contribution in [1.82, 2.24) is 0 Å². The number of benzene rings is 2. The summed E-state index contributed by atoms with van der Waals surface area (Å²) in [5.41, 5.74) is 1.27. The van der Waals surface area contributed by atoms with Crippen molar-refractivity contribution in [3.05, 3.63) is 64.1 Å². The predicted molar refractivity (Wildman–Crippen MR) is 79.9 cm³/mol. The topological polar surface area (TPSA) is 12.0 Å². The third-order valence-electron chi connectivity index (χ3n) is 3.79. The summed E-state index contributed by atoms with van der Waals surface area (Å²) in [7, 11) is 0. The highest BCUT2D eigenvalue weighted by molar-refractivity contribution is 9.10. The lowest BCUT2D eigenvalue weighted by molar-refractivity contribution is 0.371. The molecule has 0 spiro atoms. The molecular formula is C16H14BrF2N. The summed E-state index contributed by atoms with van der Waals surface area (Å²) < 4.78 is 28.1. The Balaban J connectivity index is 1.62. The van der Waals surface area contributed by atoms with Crippen LogP contribution in [-0.4, -0.2) is 6.04 Å². The van der Waals surface area contributed by atoms with Crippen LogP contribution in [0.2, 0.25) is 0 Å². The molecule has 3 rings (SSSR count). The van der Waals surface area contributed by atoms with Gasteiger partial charge in [-0.2, -0.15) is 0 Å². The highest BCUT2D eigenvalue weighted by atomic mass is 79.9. The van der Waals surface area contributed by atoms with E-state index in [1.807, 2.05) is 12.1 Å². The molecule has 2 aromatic carbocycles. The first-order valence-corrected chi connectivity index (χ1v) is 7.39. The van der Waals surface area contributed by atoms with Crippen LogP contribution in [0.25, 0.3) is 0 Å². The van der Waals surface area contributed by atoms with Gasteiger partial charge in [0.15, 0.2) is 0 Å². The average molecular weight is 338 g/mol. The maximum absolute atomic E-state index is 13.5. The molecule has 0 radical (unpaired) electrons. The molecule has 0 saturated heterocycles. The zero-order chi connectivity index (χ0) is 14.1. The van der Waals surface area contributed by atoms with Crippen LogP contribution in [0.3, 0.4) is 0 Å². The molecule has 1 saturated carbocycles. The molecule has 1 aliphatic rings. The van der Waals surface area contributed by atoms with Crippen LogP contribution >= 0.6 is 15.9 Å². The minimum absolute atomic E-state index is 0.00763. The van der Waals surface area contributed by atoms with Crippen LogP contribution in [-0.2, 0) is 0 Å². The normalized spacial score (nSPS) is 21.4. The van der Waals surface area contributed by atoms with Gasteiger partial charge in [0.05, 0.1) is 0 Å². The molecule has 1 nitrogen and oxygen atoms in total. The molecule has 1 N–H and O–H groups in total. The molecular weight excluding hydrogens is 324 g/mol. The van der Waals surface area contributed by atoms with Gasteiger partial charge in [0.1, 0.15) is 17.3 Å². The first kappa shape index (κ1) is 13.6. The van der Waals surface area contributed by atoms with Gasteiger partial charge in [-0.3, -0.25) is 0 Å². The van der Waals surface area contributed by atoms with Crippen LogP contribution in [0.15, 0.2) is 46.9 Å². The second-order valence-corrected chi connectivity index (χ2v) is 6.07. The standard InChI is InChI=1S/C16H14BrF2N/c17-12-6-4-10(5-7-12)11-8-13(9-11)20-16-14(18)2-1-3-15(16)19/h1-7,11,13,20H,8-9H2. The van der Waals surface area contributed by atoms with Gasteiger partial charge in [0, 0.05) is 10.5 Å². The molecule has 0 aliphatic heterocycles. The lowest BCUT2D eigenvalue weighted by atomic mass is 9.76. The van der Waals surface area contributed by atoms with E-state index in [4.69, 9.17) is 0 Å². The van der Waals surface area contributed by atoms with E-state index in [1.165, 1.54) is 23.8 Å². The molecule has 0 unspecified atom stereocenters. The monoisotopic (exact) mass is 337 g/mol. The van der Waals surface area contributed by atoms with E-state index < -0.39 is 11.6 Å². The Morgan fingerprint density at radius 3 is 2.15 bits per heavy atom. The lowest BCUT2D eigenvalue weighted by Gasteiger charge is -2.37. The second kappa shape index (κ2) is 5.52. The molecule has 4 heteroatoms. The van der Waals surface area contributed by atoms with Crippen LogP contribution < -0.4 is 5.32 Å². The maximum atomic E-state index is 13.5. The Kier molecular flexibility index (Phi) is 3.74. The zero-order valence-electron chi connectivity index (χ0n) is 10.7. The van der Waals surface area contributed by atoms with Gasteiger partial charge in [-0.05, 0) is 48.6 Å². The largest absolute Gasteiger partial charge is 0.378 e. The van der Waals surface area contributed by atoms with E-state index in [1.54, 1.807) is 0 Å². The minimum atomic E-state index is -0.530. The molecule has 104 valence electrons. The van der Waals surface area contributed by atoms with Crippen molar-refractivity contribution in [2.75, 3.05) is 5.32 Å². The highest BCUT2D eigenvalue weighted by Gasteiger charge is 2.31. The SMILES string of the molecule is Fc1cccc(F)c1NC1CC(c2ccc(Br)cc2)C1. The number of nitrogens with one attached hydrogen (secondary N) is 1. The third kappa shape index (κ3) is 2.70. The number of hydrogen-bond acceptors (Lipinski definition) is 1. The van der Waals surface area contributed by atoms with Crippen molar-refractivity contribution in [1.29, 1.82) is 0 Å². The molecule has 0 bridgehead atoms. The summed E-state index contributed by atoms with van der Waals surface area (Å²) >= 11 is 3.41. The van der Waals surface area contributed by atoms with Crippen LogP contribution in [0.1, 0.15) is 24.3 Å². The second-order valence-electron chi connectivity index (χ2n) is 5.16. The predicted octanol–water partition coefficient (Wildman–Crippen LogP) is 5.09. The summed E-state index contributed by atoms with van der Waals surface area (Å²) in [6.45, 7) is 0. The van der Waals surface area contributed by atoms with Gasteiger partial charge < -0.3 is 5.32 Å². The fraction of sp³-hybridized carbons (Fsp3) is 0.250. The first-order valence-electron chi connectivity index (χ1n) is 6.59. The zero-order valence-corrected chi connectivity index (χ0v) is 12.3. The maximum Gasteiger partial charge on any atom is 0.149 e. The fourth-order valence-electron chi connectivity index (χ4n) is 2.58. The number of halogens is 3.